The van der Waals surface area contributed by atoms with Crippen molar-refractivity contribution in [1.82, 2.24) is 24.8 Å². The Morgan fingerprint density at radius 2 is 2.16 bits per heavy atom. The minimum absolute atomic E-state index is 0.523. The maximum atomic E-state index is 5.07. The first kappa shape index (κ1) is 11.9. The van der Waals surface area contributed by atoms with Crippen LogP contribution >= 0.6 is 11.8 Å². The molecule has 3 rings (SSSR count). The Morgan fingerprint density at radius 3 is 2.95 bits per heavy atom. The number of nitrogens with zero attached hydrogens (tertiary/aromatic N) is 5. The highest BCUT2D eigenvalue weighted by molar-refractivity contribution is 7.98. The van der Waals surface area contributed by atoms with Crippen LogP contribution in [-0.2, 0) is 0 Å². The summed E-state index contributed by atoms with van der Waals surface area (Å²) in [4.78, 5) is 8.63. The van der Waals surface area contributed by atoms with Crippen LogP contribution in [0.5, 0.6) is 5.88 Å². The summed E-state index contributed by atoms with van der Waals surface area (Å²) >= 11 is 1.51. The molecule has 3 aromatic rings. The number of thioether (sulfide) groups is 1. The molecule has 0 spiro atoms. The third-order valence-electron chi connectivity index (χ3n) is 2.67. The SMILES string of the molecule is COc1ccc2c(-c3ccnc(SC)n3)cnn2n1. The first-order valence-electron chi connectivity index (χ1n) is 5.58. The largest absolute Gasteiger partial charge is 0.480 e. The minimum atomic E-state index is 0.523. The van der Waals surface area contributed by atoms with E-state index in [1.54, 1.807) is 25.6 Å². The Labute approximate surface area is 113 Å². The van der Waals surface area contributed by atoms with Crippen LogP contribution < -0.4 is 4.74 Å². The fraction of sp³-hybridized carbons (Fsp3) is 0.167. The summed E-state index contributed by atoms with van der Waals surface area (Å²) < 4.78 is 6.61. The number of fused-ring (bicyclic) bond motifs is 1. The molecule has 0 aromatic carbocycles. The van der Waals surface area contributed by atoms with Crippen LogP contribution in [0.4, 0.5) is 0 Å². The molecular formula is C12H11N5OS. The molecule has 0 saturated carbocycles. The lowest BCUT2D eigenvalue weighted by molar-refractivity contribution is 0.387. The highest BCUT2D eigenvalue weighted by Gasteiger charge is 2.10. The number of rotatable bonds is 3. The van der Waals surface area contributed by atoms with Crippen LogP contribution in [0.2, 0.25) is 0 Å². The van der Waals surface area contributed by atoms with E-state index in [1.807, 2.05) is 18.4 Å². The fourth-order valence-corrected chi connectivity index (χ4v) is 2.11. The van der Waals surface area contributed by atoms with Gasteiger partial charge >= 0.3 is 0 Å². The summed E-state index contributed by atoms with van der Waals surface area (Å²) in [5.74, 6) is 0.523. The van der Waals surface area contributed by atoms with E-state index in [4.69, 9.17) is 4.74 Å². The second-order valence-corrected chi connectivity index (χ2v) is 4.51. The zero-order valence-corrected chi connectivity index (χ0v) is 11.3. The third kappa shape index (κ3) is 2.12. The molecule has 19 heavy (non-hydrogen) atoms. The van der Waals surface area contributed by atoms with Gasteiger partial charge in [-0.3, -0.25) is 0 Å². The molecule has 0 bridgehead atoms. The van der Waals surface area contributed by atoms with E-state index < -0.39 is 0 Å². The van der Waals surface area contributed by atoms with E-state index in [1.165, 1.54) is 16.4 Å². The van der Waals surface area contributed by atoms with E-state index in [0.717, 1.165) is 21.9 Å². The van der Waals surface area contributed by atoms with Crippen LogP contribution in [-0.4, -0.2) is 38.2 Å². The van der Waals surface area contributed by atoms with Gasteiger partial charge in [0.2, 0.25) is 5.88 Å². The molecule has 0 N–H and O–H groups in total. The monoisotopic (exact) mass is 273 g/mol. The maximum absolute atomic E-state index is 5.07. The number of hydrogen-bond donors (Lipinski definition) is 0. The molecule has 6 nitrogen and oxygen atoms in total. The highest BCUT2D eigenvalue weighted by atomic mass is 32.2. The number of ether oxygens (including phenoxy) is 1. The summed E-state index contributed by atoms with van der Waals surface area (Å²) in [6, 6.07) is 5.58. The van der Waals surface area contributed by atoms with Gasteiger partial charge in [0.1, 0.15) is 0 Å². The lowest BCUT2D eigenvalue weighted by Crippen LogP contribution is -1.96. The van der Waals surface area contributed by atoms with Crippen molar-refractivity contribution < 1.29 is 4.74 Å². The van der Waals surface area contributed by atoms with Gasteiger partial charge in [0.25, 0.3) is 0 Å². The molecule has 0 radical (unpaired) electrons. The molecule has 0 unspecified atom stereocenters. The Kier molecular flexibility index (Phi) is 3.04. The van der Waals surface area contributed by atoms with Gasteiger partial charge in [-0.05, 0) is 18.4 Å². The fourth-order valence-electron chi connectivity index (χ4n) is 1.76. The Morgan fingerprint density at radius 1 is 1.26 bits per heavy atom. The van der Waals surface area contributed by atoms with E-state index in [0.29, 0.717) is 5.88 Å². The van der Waals surface area contributed by atoms with E-state index in [-0.39, 0.29) is 0 Å². The van der Waals surface area contributed by atoms with Crippen LogP contribution in [0.25, 0.3) is 16.8 Å². The molecule has 0 amide bonds. The summed E-state index contributed by atoms with van der Waals surface area (Å²) in [5.41, 5.74) is 2.64. The van der Waals surface area contributed by atoms with Gasteiger partial charge in [-0.15, -0.1) is 9.73 Å². The number of aromatic nitrogens is 5. The summed E-state index contributed by atoms with van der Waals surface area (Å²) in [7, 11) is 1.58. The second-order valence-electron chi connectivity index (χ2n) is 3.74. The van der Waals surface area contributed by atoms with Gasteiger partial charge < -0.3 is 4.74 Å². The number of hydrogen-bond acceptors (Lipinski definition) is 6. The first-order valence-corrected chi connectivity index (χ1v) is 6.81. The molecule has 0 saturated heterocycles. The zero-order chi connectivity index (χ0) is 13.2. The molecule has 0 fully saturated rings. The third-order valence-corrected chi connectivity index (χ3v) is 3.23. The van der Waals surface area contributed by atoms with E-state index in [2.05, 4.69) is 20.2 Å². The van der Waals surface area contributed by atoms with Gasteiger partial charge in [0.05, 0.1) is 24.5 Å². The quantitative estimate of drug-likeness (QED) is 0.536. The van der Waals surface area contributed by atoms with Crippen molar-refractivity contribution in [2.45, 2.75) is 5.16 Å². The average Bonchev–Trinajstić information content (AvgIpc) is 2.90. The lowest BCUT2D eigenvalue weighted by atomic mass is 10.2. The molecule has 7 heteroatoms. The predicted molar refractivity (Wildman–Crippen MR) is 72.3 cm³/mol. The second kappa shape index (κ2) is 4.85. The topological polar surface area (TPSA) is 65.2 Å². The van der Waals surface area contributed by atoms with Crippen molar-refractivity contribution in [2.75, 3.05) is 13.4 Å². The van der Waals surface area contributed by atoms with Crippen LogP contribution in [0, 0.1) is 0 Å². The van der Waals surface area contributed by atoms with Crippen LogP contribution in [0.1, 0.15) is 0 Å². The van der Waals surface area contributed by atoms with Gasteiger partial charge in [0.15, 0.2) is 5.16 Å². The summed E-state index contributed by atoms with van der Waals surface area (Å²) in [6.07, 6.45) is 5.43. The minimum Gasteiger partial charge on any atom is -0.480 e. The van der Waals surface area contributed by atoms with Gasteiger partial charge in [-0.2, -0.15) is 5.10 Å². The van der Waals surface area contributed by atoms with Gasteiger partial charge in [0, 0.05) is 17.8 Å². The smallest absolute Gasteiger partial charge is 0.233 e. The molecule has 3 aromatic heterocycles. The van der Waals surface area contributed by atoms with Crippen molar-refractivity contribution >= 4 is 17.3 Å². The van der Waals surface area contributed by atoms with Crippen LogP contribution in [0.15, 0.2) is 35.7 Å². The molecule has 0 atom stereocenters. The van der Waals surface area contributed by atoms with E-state index in [9.17, 15) is 0 Å². The Bertz CT molecular complexity index is 727. The molecule has 96 valence electrons. The van der Waals surface area contributed by atoms with Crippen molar-refractivity contribution in [2.24, 2.45) is 0 Å². The lowest BCUT2D eigenvalue weighted by Gasteiger charge is -2.01. The average molecular weight is 273 g/mol. The molecule has 0 aliphatic carbocycles. The van der Waals surface area contributed by atoms with Crippen molar-refractivity contribution in [3.8, 4) is 17.1 Å². The predicted octanol–water partition coefficient (Wildman–Crippen LogP) is 1.92. The molecule has 0 aliphatic heterocycles. The Hall–Kier alpha value is -2.15. The maximum Gasteiger partial charge on any atom is 0.233 e. The normalized spacial score (nSPS) is 10.8. The first-order chi connectivity index (χ1) is 9.31. The van der Waals surface area contributed by atoms with E-state index >= 15 is 0 Å². The Balaban J connectivity index is 2.14. The zero-order valence-electron chi connectivity index (χ0n) is 10.4. The van der Waals surface area contributed by atoms with Crippen molar-refractivity contribution in [1.29, 1.82) is 0 Å². The highest BCUT2D eigenvalue weighted by Crippen LogP contribution is 2.24. The molecule has 3 heterocycles. The summed E-state index contributed by atoms with van der Waals surface area (Å²) in [5, 5.41) is 9.17. The summed E-state index contributed by atoms with van der Waals surface area (Å²) in [6.45, 7) is 0. The van der Waals surface area contributed by atoms with Crippen molar-refractivity contribution in [3.63, 3.8) is 0 Å². The van der Waals surface area contributed by atoms with Gasteiger partial charge in [-0.25, -0.2) is 9.97 Å². The van der Waals surface area contributed by atoms with Gasteiger partial charge in [-0.1, -0.05) is 11.8 Å². The van der Waals surface area contributed by atoms with Crippen molar-refractivity contribution in [3.05, 3.63) is 30.6 Å². The standard InChI is InChI=1S/C12H11N5OS/c1-18-11-4-3-10-8(7-14-17(10)16-11)9-5-6-13-12(15-9)19-2/h3-7H,1-2H3. The number of methoxy groups -OCH3 is 1. The molecule has 0 aliphatic rings. The molecular weight excluding hydrogens is 262 g/mol. The van der Waals surface area contributed by atoms with Crippen LogP contribution in [0.3, 0.4) is 0 Å².